The van der Waals surface area contributed by atoms with E-state index in [1.54, 1.807) is 0 Å². The Morgan fingerprint density at radius 2 is 2.00 bits per heavy atom. The van der Waals surface area contributed by atoms with Crippen molar-refractivity contribution in [2.24, 2.45) is 17.8 Å². The predicted octanol–water partition coefficient (Wildman–Crippen LogP) is 1.69. The number of ether oxygens (including phenoxy) is 2. The molecule has 5 unspecified atom stereocenters. The highest BCUT2D eigenvalue weighted by atomic mass is 16.7. The van der Waals surface area contributed by atoms with E-state index in [0.717, 1.165) is 38.5 Å². The Labute approximate surface area is 115 Å². The number of rotatable bonds is 5. The van der Waals surface area contributed by atoms with Crippen LogP contribution in [0.1, 0.15) is 45.4 Å². The molecule has 4 nitrogen and oxygen atoms in total. The van der Waals surface area contributed by atoms with Crippen LogP contribution < -0.4 is 0 Å². The van der Waals surface area contributed by atoms with E-state index < -0.39 is 0 Å². The molecule has 0 aromatic rings. The number of aliphatic hydroxyl groups excluding tert-OH is 2. The fourth-order valence-corrected chi connectivity index (χ4v) is 4.38. The third-order valence-corrected chi connectivity index (χ3v) is 5.37. The summed E-state index contributed by atoms with van der Waals surface area (Å²) in [6, 6.07) is 0. The van der Waals surface area contributed by atoms with Gasteiger partial charge in [0.25, 0.3) is 0 Å². The summed E-state index contributed by atoms with van der Waals surface area (Å²) in [5.74, 6) is 0.873. The Kier molecular flexibility index (Phi) is 3.87. The van der Waals surface area contributed by atoms with Crippen LogP contribution in [0.2, 0.25) is 0 Å². The second-order valence-electron chi connectivity index (χ2n) is 6.47. The van der Waals surface area contributed by atoms with Crippen molar-refractivity contribution < 1.29 is 19.7 Å². The van der Waals surface area contributed by atoms with E-state index in [2.05, 4.69) is 6.92 Å². The molecule has 0 aromatic carbocycles. The summed E-state index contributed by atoms with van der Waals surface area (Å²) in [6.07, 6.45) is 4.92. The average Bonchev–Trinajstić information content (AvgIpc) is 2.94. The molecule has 3 fully saturated rings. The first kappa shape index (κ1) is 13.8. The van der Waals surface area contributed by atoms with Crippen LogP contribution in [0.4, 0.5) is 0 Å². The quantitative estimate of drug-likeness (QED) is 0.798. The first-order valence-electron chi connectivity index (χ1n) is 7.80. The second kappa shape index (κ2) is 5.32. The van der Waals surface area contributed by atoms with Crippen molar-refractivity contribution in [1.29, 1.82) is 0 Å². The maximum absolute atomic E-state index is 10.3. The van der Waals surface area contributed by atoms with Crippen molar-refractivity contribution in [2.75, 3.05) is 13.2 Å². The van der Waals surface area contributed by atoms with Gasteiger partial charge in [-0.15, -0.1) is 0 Å². The monoisotopic (exact) mass is 270 g/mol. The molecule has 0 aromatic heterocycles. The van der Waals surface area contributed by atoms with Gasteiger partial charge in [-0.3, -0.25) is 0 Å². The lowest BCUT2D eigenvalue weighted by molar-refractivity contribution is -0.272. The lowest BCUT2D eigenvalue weighted by Crippen LogP contribution is -2.53. The zero-order valence-electron chi connectivity index (χ0n) is 11.8. The van der Waals surface area contributed by atoms with E-state index in [-0.39, 0.29) is 18.0 Å². The summed E-state index contributed by atoms with van der Waals surface area (Å²) in [4.78, 5) is 0. The summed E-state index contributed by atoms with van der Waals surface area (Å²) in [7, 11) is 0. The smallest absolute Gasteiger partial charge is 0.171 e. The number of aliphatic hydroxyl groups is 2. The fourth-order valence-electron chi connectivity index (χ4n) is 4.38. The highest BCUT2D eigenvalue weighted by Gasteiger charge is 2.64. The Morgan fingerprint density at radius 1 is 1.26 bits per heavy atom. The predicted molar refractivity (Wildman–Crippen MR) is 70.5 cm³/mol. The molecular weight excluding hydrogens is 244 g/mol. The zero-order valence-corrected chi connectivity index (χ0v) is 11.8. The first-order chi connectivity index (χ1) is 9.16. The molecule has 5 atom stereocenters. The largest absolute Gasteiger partial charge is 0.393 e. The minimum atomic E-state index is -0.359. The maximum atomic E-state index is 10.3. The van der Waals surface area contributed by atoms with E-state index in [1.165, 1.54) is 0 Å². The molecule has 3 aliphatic rings. The van der Waals surface area contributed by atoms with Crippen LogP contribution in [0.25, 0.3) is 0 Å². The van der Waals surface area contributed by atoms with Gasteiger partial charge in [0, 0.05) is 12.3 Å². The standard InChI is InChI=1S/C15H26O4/c1-2-3-10(16)4-5-11-12-9-15(18-6-7-19-15)13(12)8-14(11)17/h10-14,16-17H,2-9H2,1H3. The van der Waals surface area contributed by atoms with Crippen molar-refractivity contribution >= 4 is 0 Å². The summed E-state index contributed by atoms with van der Waals surface area (Å²) in [5.41, 5.74) is 0. The Balaban J connectivity index is 1.54. The van der Waals surface area contributed by atoms with Crippen molar-refractivity contribution in [2.45, 2.75) is 63.4 Å². The molecular formula is C15H26O4. The SMILES string of the molecule is CCCC(O)CCC1C(O)CC2C1CC21OCCO1. The van der Waals surface area contributed by atoms with E-state index >= 15 is 0 Å². The summed E-state index contributed by atoms with van der Waals surface area (Å²) >= 11 is 0. The molecule has 1 heterocycles. The summed E-state index contributed by atoms with van der Waals surface area (Å²) in [5, 5.41) is 20.1. The van der Waals surface area contributed by atoms with Gasteiger partial charge in [0.15, 0.2) is 5.79 Å². The van der Waals surface area contributed by atoms with Gasteiger partial charge in [0.2, 0.25) is 0 Å². The van der Waals surface area contributed by atoms with Crippen molar-refractivity contribution in [3.63, 3.8) is 0 Å². The highest BCUT2D eigenvalue weighted by molar-refractivity contribution is 5.08. The summed E-state index contributed by atoms with van der Waals surface area (Å²) < 4.78 is 11.5. The molecule has 1 saturated heterocycles. The highest BCUT2D eigenvalue weighted by Crippen LogP contribution is 2.60. The fraction of sp³-hybridized carbons (Fsp3) is 1.00. The Hall–Kier alpha value is -0.160. The molecule has 0 radical (unpaired) electrons. The van der Waals surface area contributed by atoms with Gasteiger partial charge < -0.3 is 19.7 Å². The van der Waals surface area contributed by atoms with Gasteiger partial charge in [-0.25, -0.2) is 0 Å². The van der Waals surface area contributed by atoms with Gasteiger partial charge in [-0.1, -0.05) is 13.3 Å². The zero-order chi connectivity index (χ0) is 13.5. The first-order valence-corrected chi connectivity index (χ1v) is 7.80. The van der Waals surface area contributed by atoms with Crippen molar-refractivity contribution in [3.05, 3.63) is 0 Å². The molecule has 0 bridgehead atoms. The topological polar surface area (TPSA) is 58.9 Å². The Morgan fingerprint density at radius 3 is 2.68 bits per heavy atom. The third-order valence-electron chi connectivity index (χ3n) is 5.37. The van der Waals surface area contributed by atoms with Crippen LogP contribution in [-0.2, 0) is 9.47 Å². The minimum Gasteiger partial charge on any atom is -0.393 e. The lowest BCUT2D eigenvalue weighted by Gasteiger charge is -2.49. The van der Waals surface area contributed by atoms with Gasteiger partial charge in [-0.2, -0.15) is 0 Å². The normalized spacial score (nSPS) is 41.2. The van der Waals surface area contributed by atoms with Crippen LogP contribution in [-0.4, -0.2) is 41.4 Å². The number of hydrogen-bond donors (Lipinski definition) is 2. The van der Waals surface area contributed by atoms with Gasteiger partial charge in [-0.05, 0) is 37.5 Å². The second-order valence-corrected chi connectivity index (χ2v) is 6.47. The molecule has 2 aliphatic carbocycles. The van der Waals surface area contributed by atoms with E-state index in [1.807, 2.05) is 0 Å². The average molecular weight is 270 g/mol. The number of hydrogen-bond acceptors (Lipinski definition) is 4. The Bertz CT molecular complexity index is 313. The van der Waals surface area contributed by atoms with E-state index in [0.29, 0.717) is 31.0 Å². The van der Waals surface area contributed by atoms with Crippen molar-refractivity contribution in [3.8, 4) is 0 Å². The minimum absolute atomic E-state index is 0.204. The van der Waals surface area contributed by atoms with Crippen LogP contribution in [0.5, 0.6) is 0 Å². The molecule has 2 saturated carbocycles. The lowest BCUT2D eigenvalue weighted by atomic mass is 9.66. The summed E-state index contributed by atoms with van der Waals surface area (Å²) in [6.45, 7) is 3.48. The van der Waals surface area contributed by atoms with Gasteiger partial charge in [0.05, 0.1) is 25.4 Å². The van der Waals surface area contributed by atoms with E-state index in [9.17, 15) is 10.2 Å². The van der Waals surface area contributed by atoms with Crippen LogP contribution in [0.3, 0.4) is 0 Å². The van der Waals surface area contributed by atoms with Crippen LogP contribution in [0.15, 0.2) is 0 Å². The van der Waals surface area contributed by atoms with Gasteiger partial charge >= 0.3 is 0 Å². The molecule has 110 valence electrons. The van der Waals surface area contributed by atoms with Crippen LogP contribution in [0, 0.1) is 17.8 Å². The maximum Gasteiger partial charge on any atom is 0.171 e. The number of fused-ring (bicyclic) bond motifs is 2. The van der Waals surface area contributed by atoms with Gasteiger partial charge in [0.1, 0.15) is 0 Å². The molecule has 1 aliphatic heterocycles. The molecule has 2 N–H and O–H groups in total. The molecule has 4 heteroatoms. The molecule has 19 heavy (non-hydrogen) atoms. The van der Waals surface area contributed by atoms with E-state index in [4.69, 9.17) is 9.47 Å². The van der Waals surface area contributed by atoms with Crippen molar-refractivity contribution in [1.82, 2.24) is 0 Å². The molecule has 0 amide bonds. The molecule has 1 spiro atoms. The van der Waals surface area contributed by atoms with Crippen LogP contribution >= 0.6 is 0 Å². The molecule has 3 rings (SSSR count). The third kappa shape index (κ3) is 2.33.